The van der Waals surface area contributed by atoms with Gasteiger partial charge in [-0.15, -0.1) is 11.3 Å². The average molecular weight is 278 g/mol. The molecule has 0 bridgehead atoms. The first kappa shape index (κ1) is 13.9. The molecule has 0 radical (unpaired) electrons. The third-order valence-corrected chi connectivity index (χ3v) is 3.77. The highest BCUT2D eigenvalue weighted by Crippen LogP contribution is 2.19. The van der Waals surface area contributed by atoms with Gasteiger partial charge in [0.1, 0.15) is 11.5 Å². The van der Waals surface area contributed by atoms with Crippen molar-refractivity contribution >= 4 is 11.3 Å². The Labute approximate surface area is 117 Å². The Morgan fingerprint density at radius 2 is 1.89 bits per heavy atom. The highest BCUT2D eigenvalue weighted by molar-refractivity contribution is 7.09. The van der Waals surface area contributed by atoms with Crippen LogP contribution in [0, 0.1) is 5.92 Å². The highest BCUT2D eigenvalue weighted by Gasteiger charge is 2.10. The number of rotatable bonds is 7. The zero-order valence-corrected chi connectivity index (χ0v) is 11.7. The van der Waals surface area contributed by atoms with Gasteiger partial charge in [0.2, 0.25) is 0 Å². The molecule has 0 amide bonds. The molecule has 4 heteroatoms. The fourth-order valence-electron chi connectivity index (χ4n) is 1.78. The summed E-state index contributed by atoms with van der Waals surface area (Å²) >= 11 is 1.71. The van der Waals surface area contributed by atoms with Crippen molar-refractivity contribution in [3.05, 3.63) is 46.7 Å². The third kappa shape index (κ3) is 4.26. The number of thiophene rings is 1. The van der Waals surface area contributed by atoms with Crippen LogP contribution in [-0.4, -0.2) is 25.4 Å². The fourth-order valence-corrected chi connectivity index (χ4v) is 2.60. The van der Waals surface area contributed by atoms with Crippen molar-refractivity contribution in [2.75, 3.05) is 20.3 Å². The molecule has 2 aromatic rings. The first-order valence-corrected chi connectivity index (χ1v) is 7.10. The van der Waals surface area contributed by atoms with Gasteiger partial charge < -0.3 is 14.6 Å². The lowest BCUT2D eigenvalue weighted by Crippen LogP contribution is -2.18. The van der Waals surface area contributed by atoms with Gasteiger partial charge in [-0.1, -0.05) is 6.07 Å². The quantitative estimate of drug-likeness (QED) is 0.846. The largest absolute Gasteiger partial charge is 0.497 e. The molecule has 0 aliphatic heterocycles. The summed E-state index contributed by atoms with van der Waals surface area (Å²) in [6, 6.07) is 11.6. The van der Waals surface area contributed by atoms with Gasteiger partial charge in [0.25, 0.3) is 0 Å². The molecular weight excluding hydrogens is 260 g/mol. The molecule has 1 unspecified atom stereocenters. The minimum absolute atomic E-state index is 0.126. The normalized spacial score (nSPS) is 12.1. The predicted octanol–water partition coefficient (Wildman–Crippen LogP) is 2.99. The Morgan fingerprint density at radius 3 is 2.47 bits per heavy atom. The van der Waals surface area contributed by atoms with Crippen LogP contribution in [-0.2, 0) is 6.42 Å². The van der Waals surface area contributed by atoms with Crippen LogP contribution in [0.4, 0.5) is 0 Å². The smallest absolute Gasteiger partial charge is 0.119 e. The Kier molecular flexibility index (Phi) is 5.24. The molecule has 1 atom stereocenters. The summed E-state index contributed by atoms with van der Waals surface area (Å²) in [5.74, 6) is 1.73. The van der Waals surface area contributed by atoms with E-state index in [4.69, 9.17) is 9.47 Å². The minimum atomic E-state index is 0.126. The lowest BCUT2D eigenvalue weighted by molar-refractivity contribution is 0.163. The zero-order chi connectivity index (χ0) is 13.5. The average Bonchev–Trinajstić information content (AvgIpc) is 2.97. The van der Waals surface area contributed by atoms with Crippen LogP contribution in [0.15, 0.2) is 41.8 Å². The number of ether oxygens (including phenoxy) is 2. The van der Waals surface area contributed by atoms with Gasteiger partial charge in [-0.05, 0) is 42.1 Å². The lowest BCUT2D eigenvalue weighted by Gasteiger charge is -2.14. The molecule has 1 aromatic carbocycles. The zero-order valence-electron chi connectivity index (χ0n) is 10.9. The second-order valence-electron chi connectivity index (χ2n) is 4.32. The molecular formula is C15H18O3S. The molecule has 2 rings (SSSR count). The number of hydrogen-bond acceptors (Lipinski definition) is 4. The van der Waals surface area contributed by atoms with E-state index in [-0.39, 0.29) is 12.5 Å². The lowest BCUT2D eigenvalue weighted by atomic mass is 10.1. The first-order valence-electron chi connectivity index (χ1n) is 6.22. The molecule has 0 aliphatic rings. The van der Waals surface area contributed by atoms with Crippen LogP contribution in [0.5, 0.6) is 11.5 Å². The summed E-state index contributed by atoms with van der Waals surface area (Å²) in [6.07, 6.45) is 0.852. The molecule has 0 spiro atoms. The van der Waals surface area contributed by atoms with E-state index in [0.29, 0.717) is 6.61 Å². The number of benzene rings is 1. The first-order chi connectivity index (χ1) is 9.31. The van der Waals surface area contributed by atoms with E-state index in [0.717, 1.165) is 17.9 Å². The van der Waals surface area contributed by atoms with E-state index in [2.05, 4.69) is 6.07 Å². The summed E-state index contributed by atoms with van der Waals surface area (Å²) in [6.45, 7) is 0.648. The Morgan fingerprint density at radius 1 is 1.16 bits per heavy atom. The van der Waals surface area contributed by atoms with Gasteiger partial charge >= 0.3 is 0 Å². The van der Waals surface area contributed by atoms with E-state index < -0.39 is 0 Å². The molecule has 102 valence electrons. The van der Waals surface area contributed by atoms with Crippen molar-refractivity contribution < 1.29 is 14.6 Å². The van der Waals surface area contributed by atoms with Crippen molar-refractivity contribution in [2.24, 2.45) is 5.92 Å². The van der Waals surface area contributed by atoms with Crippen LogP contribution in [0.25, 0.3) is 0 Å². The van der Waals surface area contributed by atoms with Crippen LogP contribution >= 0.6 is 11.3 Å². The van der Waals surface area contributed by atoms with Gasteiger partial charge in [-0.3, -0.25) is 0 Å². The van der Waals surface area contributed by atoms with Gasteiger partial charge in [-0.25, -0.2) is 0 Å². The molecule has 0 fully saturated rings. The summed E-state index contributed by atoms with van der Waals surface area (Å²) < 4.78 is 10.8. The molecule has 1 heterocycles. The van der Waals surface area contributed by atoms with Crippen molar-refractivity contribution in [3.63, 3.8) is 0 Å². The molecule has 0 saturated heterocycles. The van der Waals surface area contributed by atoms with E-state index in [9.17, 15) is 5.11 Å². The van der Waals surface area contributed by atoms with Crippen LogP contribution in [0.3, 0.4) is 0 Å². The number of hydrogen-bond donors (Lipinski definition) is 1. The fraction of sp³-hybridized carbons (Fsp3) is 0.333. The summed E-state index contributed by atoms with van der Waals surface area (Å²) in [4.78, 5) is 1.28. The maximum Gasteiger partial charge on any atom is 0.119 e. The topological polar surface area (TPSA) is 38.7 Å². The summed E-state index contributed by atoms with van der Waals surface area (Å²) in [5.41, 5.74) is 0. The Bertz CT molecular complexity index is 465. The van der Waals surface area contributed by atoms with Crippen LogP contribution in [0.2, 0.25) is 0 Å². The Hall–Kier alpha value is -1.52. The number of aliphatic hydroxyl groups excluding tert-OH is 1. The SMILES string of the molecule is COc1ccc(OCC(CO)Cc2cccs2)cc1. The molecule has 19 heavy (non-hydrogen) atoms. The maximum atomic E-state index is 9.39. The van der Waals surface area contributed by atoms with Gasteiger partial charge in [0.15, 0.2) is 0 Å². The standard InChI is InChI=1S/C15H18O3S/c1-17-13-4-6-14(7-5-13)18-11-12(10-16)9-15-3-2-8-19-15/h2-8,12,16H,9-11H2,1H3. The maximum absolute atomic E-state index is 9.39. The van der Waals surface area contributed by atoms with E-state index >= 15 is 0 Å². The van der Waals surface area contributed by atoms with Gasteiger partial charge in [-0.2, -0.15) is 0 Å². The van der Waals surface area contributed by atoms with Crippen LogP contribution in [0.1, 0.15) is 4.88 Å². The molecule has 1 N–H and O–H groups in total. The Balaban J connectivity index is 1.84. The molecule has 0 aliphatic carbocycles. The van der Waals surface area contributed by atoms with Crippen molar-refractivity contribution in [2.45, 2.75) is 6.42 Å². The monoisotopic (exact) mass is 278 g/mol. The minimum Gasteiger partial charge on any atom is -0.497 e. The molecule has 0 saturated carbocycles. The van der Waals surface area contributed by atoms with Crippen molar-refractivity contribution in [1.29, 1.82) is 0 Å². The second-order valence-corrected chi connectivity index (χ2v) is 5.35. The third-order valence-electron chi connectivity index (χ3n) is 2.87. The van der Waals surface area contributed by atoms with Gasteiger partial charge in [0.05, 0.1) is 13.7 Å². The second kappa shape index (κ2) is 7.16. The predicted molar refractivity (Wildman–Crippen MR) is 77.1 cm³/mol. The van der Waals surface area contributed by atoms with Crippen molar-refractivity contribution in [1.82, 2.24) is 0 Å². The van der Waals surface area contributed by atoms with Crippen LogP contribution < -0.4 is 9.47 Å². The highest BCUT2D eigenvalue weighted by atomic mass is 32.1. The van der Waals surface area contributed by atoms with E-state index in [1.54, 1.807) is 18.4 Å². The number of aliphatic hydroxyl groups is 1. The summed E-state index contributed by atoms with van der Waals surface area (Å²) in [7, 11) is 1.64. The molecule has 3 nitrogen and oxygen atoms in total. The summed E-state index contributed by atoms with van der Waals surface area (Å²) in [5, 5.41) is 11.4. The molecule has 1 aromatic heterocycles. The van der Waals surface area contributed by atoms with Gasteiger partial charge in [0, 0.05) is 17.4 Å². The van der Waals surface area contributed by atoms with E-state index in [1.165, 1.54) is 4.88 Å². The van der Waals surface area contributed by atoms with E-state index in [1.807, 2.05) is 35.7 Å². The number of methoxy groups -OCH3 is 1. The van der Waals surface area contributed by atoms with Crippen molar-refractivity contribution in [3.8, 4) is 11.5 Å².